The fraction of sp³-hybridized carbons (Fsp3) is 0.290. The fourth-order valence-electron chi connectivity index (χ4n) is 5.05. The van der Waals surface area contributed by atoms with Crippen LogP contribution in [-0.2, 0) is 27.4 Å². The zero-order chi connectivity index (χ0) is 26.8. The van der Waals surface area contributed by atoms with Gasteiger partial charge in [0.1, 0.15) is 30.0 Å². The van der Waals surface area contributed by atoms with E-state index in [1.54, 1.807) is 19.2 Å². The maximum atomic E-state index is 13.2. The molecule has 2 aliphatic rings. The van der Waals surface area contributed by atoms with E-state index in [1.807, 2.05) is 68.4 Å². The molecule has 0 aliphatic carbocycles. The molecule has 7 nitrogen and oxygen atoms in total. The molecule has 0 aromatic heterocycles. The minimum absolute atomic E-state index is 0.0496. The Morgan fingerprint density at radius 1 is 1.08 bits per heavy atom. The van der Waals surface area contributed by atoms with E-state index < -0.39 is 17.7 Å². The molecule has 1 fully saturated rings. The molecule has 7 heteroatoms. The summed E-state index contributed by atoms with van der Waals surface area (Å²) >= 11 is 0. The van der Waals surface area contributed by atoms with Gasteiger partial charge in [-0.2, -0.15) is 0 Å². The van der Waals surface area contributed by atoms with Crippen LogP contribution in [0.25, 0.3) is 5.76 Å². The van der Waals surface area contributed by atoms with E-state index >= 15 is 0 Å². The van der Waals surface area contributed by atoms with Crippen molar-refractivity contribution in [1.82, 2.24) is 4.90 Å². The normalized spacial score (nSPS) is 19.9. The number of hydrogen-bond acceptors (Lipinski definition) is 6. The largest absolute Gasteiger partial charge is 0.507 e. The number of benzene rings is 3. The lowest BCUT2D eigenvalue weighted by Crippen LogP contribution is -2.32. The summed E-state index contributed by atoms with van der Waals surface area (Å²) in [5.74, 6) is -0.137. The van der Waals surface area contributed by atoms with Crippen molar-refractivity contribution in [3.63, 3.8) is 0 Å². The maximum absolute atomic E-state index is 13.2. The third-order valence-electron chi connectivity index (χ3n) is 7.10. The van der Waals surface area contributed by atoms with E-state index in [0.717, 1.165) is 22.4 Å². The molecule has 3 aromatic rings. The molecule has 2 aliphatic heterocycles. The van der Waals surface area contributed by atoms with E-state index in [4.69, 9.17) is 14.2 Å². The number of amides is 1. The second-order valence-corrected chi connectivity index (χ2v) is 9.72. The van der Waals surface area contributed by atoms with Gasteiger partial charge < -0.3 is 24.2 Å². The van der Waals surface area contributed by atoms with E-state index in [9.17, 15) is 14.7 Å². The molecule has 196 valence electrons. The van der Waals surface area contributed by atoms with E-state index in [-0.39, 0.29) is 30.6 Å². The first-order chi connectivity index (χ1) is 18.4. The number of aliphatic hydroxyl groups excluding tert-OH is 1. The smallest absolute Gasteiger partial charge is 0.295 e. The van der Waals surface area contributed by atoms with Crippen LogP contribution in [0.15, 0.2) is 72.3 Å². The lowest BCUT2D eigenvalue weighted by molar-refractivity contribution is -0.140. The number of fused-ring (bicyclic) bond motifs is 1. The zero-order valence-corrected chi connectivity index (χ0v) is 21.8. The first kappa shape index (κ1) is 25.5. The topological polar surface area (TPSA) is 85.3 Å². The minimum atomic E-state index is -0.751. The van der Waals surface area contributed by atoms with Crippen LogP contribution < -0.4 is 9.47 Å². The summed E-state index contributed by atoms with van der Waals surface area (Å²) in [5, 5.41) is 11.4. The van der Waals surface area contributed by atoms with Gasteiger partial charge in [0.05, 0.1) is 18.2 Å². The quantitative estimate of drug-likeness (QED) is 0.260. The Bertz CT molecular complexity index is 1390. The van der Waals surface area contributed by atoms with Crippen molar-refractivity contribution in [1.29, 1.82) is 0 Å². The highest BCUT2D eigenvalue weighted by Crippen LogP contribution is 2.41. The zero-order valence-electron chi connectivity index (χ0n) is 21.8. The number of carbonyl (C=O) groups excluding carboxylic acids is 2. The van der Waals surface area contributed by atoms with Gasteiger partial charge in [0, 0.05) is 25.6 Å². The number of likely N-dealkylation sites (tertiary alicyclic amines) is 1. The molecular formula is C31H31NO6. The van der Waals surface area contributed by atoms with Gasteiger partial charge in [-0.25, -0.2) is 0 Å². The first-order valence-corrected chi connectivity index (χ1v) is 12.7. The Kier molecular flexibility index (Phi) is 7.20. The van der Waals surface area contributed by atoms with Crippen LogP contribution in [0.5, 0.6) is 11.5 Å². The molecule has 0 radical (unpaired) electrons. The van der Waals surface area contributed by atoms with Crippen LogP contribution >= 0.6 is 0 Å². The predicted octanol–water partition coefficient (Wildman–Crippen LogP) is 4.97. The van der Waals surface area contributed by atoms with Crippen molar-refractivity contribution < 1.29 is 28.9 Å². The number of methoxy groups -OCH3 is 1. The number of aliphatic hydroxyl groups is 1. The maximum Gasteiger partial charge on any atom is 0.295 e. The molecule has 1 saturated heterocycles. The van der Waals surface area contributed by atoms with Gasteiger partial charge in [-0.15, -0.1) is 0 Å². The van der Waals surface area contributed by atoms with Gasteiger partial charge in [0.25, 0.3) is 11.7 Å². The van der Waals surface area contributed by atoms with Gasteiger partial charge in [0.15, 0.2) is 0 Å². The molecular weight excluding hydrogens is 482 g/mol. The Hall–Kier alpha value is -4.10. The van der Waals surface area contributed by atoms with Crippen molar-refractivity contribution in [2.24, 2.45) is 0 Å². The van der Waals surface area contributed by atoms with Crippen LogP contribution in [0, 0.1) is 6.92 Å². The molecule has 0 bridgehead atoms. The van der Waals surface area contributed by atoms with Crippen LogP contribution in [-0.4, -0.2) is 48.1 Å². The summed E-state index contributed by atoms with van der Waals surface area (Å²) in [6.45, 7) is 4.92. The number of Topliss-reactive ketones (excluding diaryl/α,β-unsaturated/α-hetero) is 1. The fourth-order valence-corrected chi connectivity index (χ4v) is 5.05. The second kappa shape index (κ2) is 10.7. The SMILES string of the molecule is COCCN1C(=O)C(=O)/C(=C(\O)c2ccc3c(c2)CC(C)O3)C1c1ccc(OCc2ccccc2C)cc1. The number of nitrogens with zero attached hydrogens (tertiary/aromatic N) is 1. The van der Waals surface area contributed by atoms with Gasteiger partial charge in [0.2, 0.25) is 0 Å². The third-order valence-corrected chi connectivity index (χ3v) is 7.10. The molecule has 0 spiro atoms. The highest BCUT2D eigenvalue weighted by molar-refractivity contribution is 6.46. The average molecular weight is 514 g/mol. The first-order valence-electron chi connectivity index (χ1n) is 12.7. The van der Waals surface area contributed by atoms with E-state index in [2.05, 4.69) is 0 Å². The second-order valence-electron chi connectivity index (χ2n) is 9.72. The lowest BCUT2D eigenvalue weighted by Gasteiger charge is -2.25. The molecule has 2 unspecified atom stereocenters. The Morgan fingerprint density at radius 2 is 1.84 bits per heavy atom. The molecule has 1 amide bonds. The van der Waals surface area contributed by atoms with Gasteiger partial charge in [-0.1, -0.05) is 36.4 Å². The molecule has 38 heavy (non-hydrogen) atoms. The predicted molar refractivity (Wildman–Crippen MR) is 143 cm³/mol. The third kappa shape index (κ3) is 4.89. The number of aryl methyl sites for hydroxylation is 1. The summed E-state index contributed by atoms with van der Waals surface area (Å²) < 4.78 is 16.9. The van der Waals surface area contributed by atoms with Crippen molar-refractivity contribution >= 4 is 17.4 Å². The number of ketones is 1. The minimum Gasteiger partial charge on any atom is -0.507 e. The van der Waals surface area contributed by atoms with Gasteiger partial charge >= 0.3 is 0 Å². The summed E-state index contributed by atoms with van der Waals surface area (Å²) in [6, 6.07) is 19.9. The molecule has 3 aromatic carbocycles. The summed E-state index contributed by atoms with van der Waals surface area (Å²) in [7, 11) is 1.54. The van der Waals surface area contributed by atoms with Crippen molar-refractivity contribution in [2.75, 3.05) is 20.3 Å². The number of rotatable bonds is 8. The van der Waals surface area contributed by atoms with Crippen molar-refractivity contribution in [3.8, 4) is 11.5 Å². The molecule has 2 heterocycles. The van der Waals surface area contributed by atoms with E-state index in [1.165, 1.54) is 4.90 Å². The van der Waals surface area contributed by atoms with Crippen molar-refractivity contribution in [2.45, 2.75) is 39.0 Å². The number of ether oxygens (including phenoxy) is 3. The van der Waals surface area contributed by atoms with Crippen LogP contribution in [0.1, 0.15) is 40.8 Å². The Morgan fingerprint density at radius 3 is 2.58 bits per heavy atom. The van der Waals surface area contributed by atoms with Gasteiger partial charge in [-0.3, -0.25) is 9.59 Å². The van der Waals surface area contributed by atoms with Crippen LogP contribution in [0.3, 0.4) is 0 Å². The number of hydrogen-bond donors (Lipinski definition) is 1. The molecule has 5 rings (SSSR count). The van der Waals surface area contributed by atoms with Crippen LogP contribution in [0.4, 0.5) is 0 Å². The molecule has 2 atom stereocenters. The Labute approximate surface area is 222 Å². The highest BCUT2D eigenvalue weighted by Gasteiger charge is 2.46. The summed E-state index contributed by atoms with van der Waals surface area (Å²) in [6.07, 6.45) is 0.764. The Balaban J connectivity index is 1.47. The number of carbonyl (C=O) groups is 2. The van der Waals surface area contributed by atoms with Crippen molar-refractivity contribution in [3.05, 3.63) is 100 Å². The molecule has 0 saturated carbocycles. The summed E-state index contributed by atoms with van der Waals surface area (Å²) in [4.78, 5) is 27.7. The molecule has 1 N–H and O–H groups in total. The highest BCUT2D eigenvalue weighted by atomic mass is 16.5. The standard InChI is InChI=1S/C31H31NO6/c1-19-6-4-5-7-23(19)18-37-25-11-8-21(9-12-25)28-27(30(34)31(35)32(28)14-15-36-3)29(33)22-10-13-26-24(17-22)16-20(2)38-26/h4-13,17,20,28,33H,14-16,18H2,1-3H3/b29-27-. The van der Waals surface area contributed by atoms with Crippen LogP contribution in [0.2, 0.25) is 0 Å². The average Bonchev–Trinajstić information content (AvgIpc) is 3.42. The monoisotopic (exact) mass is 513 g/mol. The van der Waals surface area contributed by atoms with Gasteiger partial charge in [-0.05, 0) is 66.4 Å². The summed E-state index contributed by atoms with van der Waals surface area (Å²) in [5.41, 5.74) is 4.45. The lowest BCUT2D eigenvalue weighted by atomic mass is 9.94. The van der Waals surface area contributed by atoms with E-state index in [0.29, 0.717) is 29.9 Å².